The first-order chi connectivity index (χ1) is 10.3. The van der Waals surface area contributed by atoms with Crippen LogP contribution in [0.25, 0.3) is 32.9 Å². The minimum absolute atomic E-state index is 0.970. The minimum Gasteiger partial charge on any atom is -0.263 e. The van der Waals surface area contributed by atoms with Crippen LogP contribution in [0.3, 0.4) is 0 Å². The molecule has 0 aliphatic rings. The molecule has 0 fully saturated rings. The van der Waals surface area contributed by atoms with E-state index in [2.05, 4.69) is 48.3 Å². The van der Waals surface area contributed by atoms with E-state index in [-0.39, 0.29) is 0 Å². The van der Waals surface area contributed by atoms with Gasteiger partial charge in [0.05, 0.1) is 11.2 Å². The van der Waals surface area contributed by atoms with Crippen LogP contribution in [0, 0.1) is 6.92 Å². The molecule has 4 rings (SSSR count). The Hall–Kier alpha value is -2.74. The molecule has 0 radical (unpaired) electrons. The fraction of sp³-hybridized carbons (Fsp3) is 0.0526. The van der Waals surface area contributed by atoms with E-state index in [1.165, 1.54) is 10.9 Å². The first-order valence-corrected chi connectivity index (χ1v) is 7.02. The highest BCUT2D eigenvalue weighted by atomic mass is 14.7. The molecule has 2 aromatic heterocycles. The predicted molar refractivity (Wildman–Crippen MR) is 87.2 cm³/mol. The largest absolute Gasteiger partial charge is 0.263 e. The van der Waals surface area contributed by atoms with Gasteiger partial charge in [0.2, 0.25) is 0 Å². The lowest BCUT2D eigenvalue weighted by molar-refractivity contribution is 1.33. The van der Waals surface area contributed by atoms with E-state index in [1.807, 2.05) is 30.6 Å². The van der Waals surface area contributed by atoms with E-state index in [0.717, 1.165) is 27.5 Å². The van der Waals surface area contributed by atoms with Crippen LogP contribution in [0.2, 0.25) is 0 Å². The third kappa shape index (κ3) is 2.05. The molecule has 0 bridgehead atoms. The topological polar surface area (TPSA) is 25.8 Å². The summed E-state index contributed by atoms with van der Waals surface area (Å²) in [6.45, 7) is 2.11. The zero-order chi connectivity index (χ0) is 14.2. The lowest BCUT2D eigenvalue weighted by Gasteiger charge is -2.07. The number of nitrogens with zero attached hydrogens (tertiary/aromatic N) is 2. The molecule has 0 aliphatic heterocycles. The fourth-order valence-corrected chi connectivity index (χ4v) is 2.70. The maximum atomic E-state index is 4.79. The summed E-state index contributed by atoms with van der Waals surface area (Å²) >= 11 is 0. The van der Waals surface area contributed by atoms with Gasteiger partial charge >= 0.3 is 0 Å². The van der Waals surface area contributed by atoms with Gasteiger partial charge in [0.15, 0.2) is 0 Å². The minimum atomic E-state index is 0.970. The van der Waals surface area contributed by atoms with Crippen molar-refractivity contribution in [3.05, 3.63) is 72.6 Å². The van der Waals surface area contributed by atoms with Crippen molar-refractivity contribution >= 4 is 21.7 Å². The number of para-hydroxylation sites is 1. The summed E-state index contributed by atoms with van der Waals surface area (Å²) in [6.07, 6.45) is 3.80. The lowest BCUT2D eigenvalue weighted by atomic mass is 10.0. The Kier molecular flexibility index (Phi) is 2.68. The van der Waals surface area contributed by atoms with Crippen LogP contribution < -0.4 is 0 Å². The number of aryl methyl sites for hydroxylation is 1. The van der Waals surface area contributed by atoms with E-state index in [1.54, 1.807) is 0 Å². The number of hydrogen-bond acceptors (Lipinski definition) is 2. The molecular formula is C19H14N2. The van der Waals surface area contributed by atoms with Crippen molar-refractivity contribution in [1.82, 2.24) is 9.97 Å². The third-order valence-electron chi connectivity index (χ3n) is 3.79. The molecule has 21 heavy (non-hydrogen) atoms. The molecule has 0 unspecified atom stereocenters. The summed E-state index contributed by atoms with van der Waals surface area (Å²) in [5, 5.41) is 3.51. The summed E-state index contributed by atoms with van der Waals surface area (Å²) in [7, 11) is 0. The highest BCUT2D eigenvalue weighted by Gasteiger charge is 2.07. The van der Waals surface area contributed by atoms with E-state index >= 15 is 0 Å². The predicted octanol–water partition coefficient (Wildman–Crippen LogP) is 4.76. The average Bonchev–Trinajstić information content (AvgIpc) is 2.54. The van der Waals surface area contributed by atoms with E-state index in [4.69, 9.17) is 4.98 Å². The van der Waals surface area contributed by atoms with Gasteiger partial charge < -0.3 is 0 Å². The van der Waals surface area contributed by atoms with Crippen molar-refractivity contribution < 1.29 is 0 Å². The fourth-order valence-electron chi connectivity index (χ4n) is 2.70. The summed E-state index contributed by atoms with van der Waals surface area (Å²) in [5.74, 6) is 0. The van der Waals surface area contributed by atoms with Gasteiger partial charge in [-0.2, -0.15) is 0 Å². The van der Waals surface area contributed by atoms with E-state index in [9.17, 15) is 0 Å². The molecular weight excluding hydrogens is 256 g/mol. The third-order valence-corrected chi connectivity index (χ3v) is 3.79. The SMILES string of the molecule is Cc1ccc2cncc(-c3ccc4ccccc4n3)c2c1. The maximum absolute atomic E-state index is 4.79. The van der Waals surface area contributed by atoms with Crippen LogP contribution in [-0.4, -0.2) is 9.97 Å². The molecule has 100 valence electrons. The van der Waals surface area contributed by atoms with Crippen LogP contribution >= 0.6 is 0 Å². The number of hydrogen-bond donors (Lipinski definition) is 0. The molecule has 0 amide bonds. The van der Waals surface area contributed by atoms with Crippen molar-refractivity contribution in [3.63, 3.8) is 0 Å². The first kappa shape index (κ1) is 12.0. The van der Waals surface area contributed by atoms with Crippen molar-refractivity contribution in [2.75, 3.05) is 0 Å². The average molecular weight is 270 g/mol. The normalized spacial score (nSPS) is 11.1. The van der Waals surface area contributed by atoms with Crippen LogP contribution in [0.1, 0.15) is 5.56 Å². The Morgan fingerprint density at radius 3 is 2.62 bits per heavy atom. The molecule has 0 spiro atoms. The zero-order valence-electron chi connectivity index (χ0n) is 11.7. The molecule has 4 aromatic rings. The molecule has 0 aliphatic carbocycles. The van der Waals surface area contributed by atoms with Crippen molar-refractivity contribution in [2.45, 2.75) is 6.92 Å². The maximum Gasteiger partial charge on any atom is 0.0731 e. The smallest absolute Gasteiger partial charge is 0.0731 e. The second kappa shape index (κ2) is 4.67. The standard InChI is InChI=1S/C19H14N2/c1-13-6-7-15-11-20-12-17(16(15)10-13)19-9-8-14-4-2-3-5-18(14)21-19/h2-12H,1H3. The second-order valence-electron chi connectivity index (χ2n) is 5.30. The number of rotatable bonds is 1. The molecule has 0 saturated carbocycles. The molecule has 0 saturated heterocycles. The van der Waals surface area contributed by atoms with Crippen molar-refractivity contribution in [2.24, 2.45) is 0 Å². The van der Waals surface area contributed by atoms with E-state index in [0.29, 0.717) is 0 Å². The Balaban J connectivity index is 2.01. The molecule has 0 atom stereocenters. The number of fused-ring (bicyclic) bond motifs is 2. The van der Waals surface area contributed by atoms with Gasteiger partial charge in [-0.25, -0.2) is 4.98 Å². The van der Waals surface area contributed by atoms with Crippen molar-refractivity contribution in [3.8, 4) is 11.3 Å². The number of pyridine rings is 2. The highest BCUT2D eigenvalue weighted by Crippen LogP contribution is 2.28. The van der Waals surface area contributed by atoms with Crippen molar-refractivity contribution in [1.29, 1.82) is 0 Å². The summed E-state index contributed by atoms with van der Waals surface area (Å²) < 4.78 is 0. The molecule has 2 heteroatoms. The summed E-state index contributed by atoms with van der Waals surface area (Å²) in [5.41, 5.74) is 4.31. The Morgan fingerprint density at radius 1 is 0.810 bits per heavy atom. The van der Waals surface area contributed by atoms with Gasteiger partial charge in [0, 0.05) is 28.7 Å². The Bertz CT molecular complexity index is 958. The second-order valence-corrected chi connectivity index (χ2v) is 5.30. The van der Waals surface area contributed by atoms with Gasteiger partial charge in [-0.05, 0) is 24.4 Å². The monoisotopic (exact) mass is 270 g/mol. The zero-order valence-corrected chi connectivity index (χ0v) is 11.7. The summed E-state index contributed by atoms with van der Waals surface area (Å²) in [4.78, 5) is 9.14. The van der Waals surface area contributed by atoms with Crippen LogP contribution in [-0.2, 0) is 0 Å². The number of aromatic nitrogens is 2. The number of benzene rings is 2. The molecule has 2 heterocycles. The van der Waals surface area contributed by atoms with Gasteiger partial charge in [-0.1, -0.05) is 48.0 Å². The molecule has 0 N–H and O–H groups in total. The Morgan fingerprint density at radius 2 is 1.67 bits per heavy atom. The van der Waals surface area contributed by atoms with Crippen LogP contribution in [0.4, 0.5) is 0 Å². The molecule has 2 aromatic carbocycles. The van der Waals surface area contributed by atoms with Gasteiger partial charge in [-0.3, -0.25) is 4.98 Å². The van der Waals surface area contributed by atoms with Crippen LogP contribution in [0.15, 0.2) is 67.0 Å². The highest BCUT2D eigenvalue weighted by molar-refractivity contribution is 5.96. The van der Waals surface area contributed by atoms with Gasteiger partial charge in [0.25, 0.3) is 0 Å². The van der Waals surface area contributed by atoms with Gasteiger partial charge in [-0.15, -0.1) is 0 Å². The summed E-state index contributed by atoms with van der Waals surface area (Å²) in [6, 6.07) is 18.8. The molecule has 2 nitrogen and oxygen atoms in total. The quantitative estimate of drug-likeness (QED) is 0.498. The Labute approximate surface area is 123 Å². The first-order valence-electron chi connectivity index (χ1n) is 7.02. The van der Waals surface area contributed by atoms with Crippen LogP contribution in [0.5, 0.6) is 0 Å². The lowest BCUT2D eigenvalue weighted by Crippen LogP contribution is -1.89. The van der Waals surface area contributed by atoms with Gasteiger partial charge in [0.1, 0.15) is 0 Å². The van der Waals surface area contributed by atoms with E-state index < -0.39 is 0 Å².